The van der Waals surface area contributed by atoms with Crippen molar-refractivity contribution in [1.29, 1.82) is 0 Å². The van der Waals surface area contributed by atoms with Crippen LogP contribution in [0.1, 0.15) is 115 Å². The molecule has 2 bridgehead atoms. The van der Waals surface area contributed by atoms with E-state index in [0.717, 1.165) is 61.8 Å². The molecule has 1 N–H and O–H groups in total. The number of aromatic hydroxyl groups is 1. The molecular weight excluding hydrogens is 512 g/mol. The molecule has 3 saturated carbocycles. The molecular formula is C35H52N2O4. The topological polar surface area (TPSA) is 62.2 Å². The predicted molar refractivity (Wildman–Crippen MR) is 161 cm³/mol. The van der Waals surface area contributed by atoms with Crippen LogP contribution < -0.4 is 9.47 Å². The number of piperidine rings is 1. The maximum Gasteiger partial charge on any atom is 0.223 e. The number of unbranched alkanes of at least 4 members (excludes halogenated alkanes) is 1. The molecule has 226 valence electrons. The Kier molecular flexibility index (Phi) is 7.44. The van der Waals surface area contributed by atoms with E-state index in [4.69, 9.17) is 9.47 Å². The van der Waals surface area contributed by atoms with Crippen molar-refractivity contribution < 1.29 is 19.4 Å². The molecule has 1 aromatic rings. The normalized spacial score (nSPS) is 32.5. The Morgan fingerprint density at radius 3 is 2.66 bits per heavy atom. The first kappa shape index (κ1) is 27.9. The van der Waals surface area contributed by atoms with Crippen molar-refractivity contribution >= 4 is 5.91 Å². The molecule has 5 atom stereocenters. The summed E-state index contributed by atoms with van der Waals surface area (Å²) < 4.78 is 12.8. The van der Waals surface area contributed by atoms with E-state index in [0.29, 0.717) is 35.8 Å². The fraction of sp³-hybridized carbons (Fsp3) is 0.800. The van der Waals surface area contributed by atoms with Crippen LogP contribution >= 0.6 is 0 Å². The molecule has 4 fully saturated rings. The third kappa shape index (κ3) is 4.66. The summed E-state index contributed by atoms with van der Waals surface area (Å²) in [6.07, 6.45) is 17.7. The molecule has 6 nitrogen and oxygen atoms in total. The second-order valence-corrected chi connectivity index (χ2v) is 14.7. The van der Waals surface area contributed by atoms with Crippen LogP contribution in [0, 0.1) is 17.8 Å². The van der Waals surface area contributed by atoms with E-state index in [1.54, 1.807) is 13.2 Å². The van der Waals surface area contributed by atoms with Crippen LogP contribution in [-0.2, 0) is 16.6 Å². The number of carbonyl (C=O) groups is 1. The molecule has 1 saturated heterocycles. The summed E-state index contributed by atoms with van der Waals surface area (Å²) in [5, 5.41) is 11.3. The molecule has 1 aromatic carbocycles. The van der Waals surface area contributed by atoms with Gasteiger partial charge in [-0.15, -0.1) is 0 Å². The van der Waals surface area contributed by atoms with Crippen LogP contribution in [0.4, 0.5) is 0 Å². The third-order valence-corrected chi connectivity index (χ3v) is 12.1. The molecule has 6 aliphatic rings. The Bertz CT molecular complexity index is 1140. The van der Waals surface area contributed by atoms with Crippen LogP contribution in [0.15, 0.2) is 6.07 Å². The summed E-state index contributed by atoms with van der Waals surface area (Å²) in [7, 11) is 1.68. The van der Waals surface area contributed by atoms with Gasteiger partial charge in [-0.2, -0.15) is 0 Å². The summed E-state index contributed by atoms with van der Waals surface area (Å²) in [4.78, 5) is 19.0. The minimum atomic E-state index is -0.156. The molecule has 1 amide bonds. The number of phenolic OH excluding ortho intramolecular Hbond substituents is 1. The van der Waals surface area contributed by atoms with E-state index in [2.05, 4.69) is 23.6 Å². The monoisotopic (exact) mass is 564 g/mol. The Hall–Kier alpha value is -1.95. The van der Waals surface area contributed by atoms with Gasteiger partial charge in [0.05, 0.1) is 13.2 Å². The lowest BCUT2D eigenvalue weighted by Crippen LogP contribution is -2.69. The molecule has 7 rings (SSSR count). The smallest absolute Gasteiger partial charge is 0.223 e. The minimum Gasteiger partial charge on any atom is -0.508 e. The summed E-state index contributed by atoms with van der Waals surface area (Å²) >= 11 is 0. The van der Waals surface area contributed by atoms with E-state index < -0.39 is 0 Å². The van der Waals surface area contributed by atoms with Crippen LogP contribution in [0.25, 0.3) is 0 Å². The summed E-state index contributed by atoms with van der Waals surface area (Å²) in [6, 6.07) is 2.40. The Morgan fingerprint density at radius 1 is 1.12 bits per heavy atom. The SMILES string of the molecule is COc1cc(O)c2c3c1O[C@H]1[C@@H](N(C(=O)CCCCC4CCCCC4)C(C)C)CC[C@H]4[C@@H](C2)N(CC2CC2)CC[C@@]341. The van der Waals surface area contributed by atoms with Gasteiger partial charge in [0.15, 0.2) is 11.5 Å². The van der Waals surface area contributed by atoms with Gasteiger partial charge in [0.2, 0.25) is 5.91 Å². The van der Waals surface area contributed by atoms with E-state index >= 15 is 0 Å². The van der Waals surface area contributed by atoms with Crippen molar-refractivity contribution in [3.8, 4) is 17.2 Å². The van der Waals surface area contributed by atoms with Crippen LogP contribution in [0.2, 0.25) is 0 Å². The number of hydrogen-bond donors (Lipinski definition) is 1. The molecule has 2 heterocycles. The first-order chi connectivity index (χ1) is 19.9. The van der Waals surface area contributed by atoms with E-state index in [1.165, 1.54) is 69.9 Å². The number of hydrogen-bond acceptors (Lipinski definition) is 5. The zero-order valence-corrected chi connectivity index (χ0v) is 25.7. The Balaban J connectivity index is 1.16. The number of phenols is 1. The van der Waals surface area contributed by atoms with Gasteiger partial charge in [-0.1, -0.05) is 44.9 Å². The average Bonchev–Trinajstić information content (AvgIpc) is 3.72. The lowest BCUT2D eigenvalue weighted by molar-refractivity contribution is -0.146. The number of benzene rings is 1. The fourth-order valence-corrected chi connectivity index (χ4v) is 10.1. The zero-order chi connectivity index (χ0) is 28.3. The molecule has 41 heavy (non-hydrogen) atoms. The van der Waals surface area contributed by atoms with Gasteiger partial charge >= 0.3 is 0 Å². The number of ether oxygens (including phenoxy) is 2. The van der Waals surface area contributed by atoms with Crippen LogP contribution in [0.3, 0.4) is 0 Å². The molecule has 0 aromatic heterocycles. The van der Waals surface area contributed by atoms with E-state index in [1.807, 2.05) is 0 Å². The molecule has 0 radical (unpaired) electrons. The van der Waals surface area contributed by atoms with Gasteiger partial charge in [0.1, 0.15) is 11.9 Å². The standard InChI is InChI=1S/C35H52N2O4/c1-22(2)37(31(39)12-8-7-11-23-9-5-4-6-10-23)27-16-15-26-28-19-25-29(38)20-30(40-3)33-32(25)35(26,34(27)41-33)17-18-36(28)21-24-13-14-24/h20,22-24,26-28,34,38H,4-19,21H2,1-3H3/t26-,27-,28+,34-,35-/m0/s1. The Labute approximate surface area is 247 Å². The summed E-state index contributed by atoms with van der Waals surface area (Å²) in [5.74, 6) is 4.38. The highest BCUT2D eigenvalue weighted by molar-refractivity contribution is 5.77. The molecule has 0 unspecified atom stereocenters. The lowest BCUT2D eigenvalue weighted by atomic mass is 9.50. The number of nitrogens with zero attached hydrogens (tertiary/aromatic N) is 2. The van der Waals surface area contributed by atoms with E-state index in [-0.39, 0.29) is 23.6 Å². The molecule has 4 aliphatic carbocycles. The molecule has 6 heteroatoms. The van der Waals surface area contributed by atoms with Gasteiger partial charge in [0, 0.05) is 47.7 Å². The predicted octanol–water partition coefficient (Wildman–Crippen LogP) is 6.60. The second kappa shape index (κ2) is 11.0. The number of likely N-dealkylation sites (tertiary alicyclic amines) is 1. The van der Waals surface area contributed by atoms with Crippen molar-refractivity contribution in [2.75, 3.05) is 20.2 Å². The fourth-order valence-electron chi connectivity index (χ4n) is 10.1. The highest BCUT2D eigenvalue weighted by Crippen LogP contribution is 2.66. The van der Waals surface area contributed by atoms with Crippen molar-refractivity contribution in [3.63, 3.8) is 0 Å². The van der Waals surface area contributed by atoms with Gasteiger partial charge in [-0.3, -0.25) is 9.69 Å². The first-order valence-electron chi connectivity index (χ1n) is 17.1. The average molecular weight is 565 g/mol. The highest BCUT2D eigenvalue weighted by atomic mass is 16.5. The first-order valence-corrected chi connectivity index (χ1v) is 17.1. The number of carbonyl (C=O) groups excluding carboxylic acids is 1. The zero-order valence-electron chi connectivity index (χ0n) is 25.7. The van der Waals surface area contributed by atoms with Gasteiger partial charge in [0.25, 0.3) is 0 Å². The highest BCUT2D eigenvalue weighted by Gasteiger charge is 2.67. The van der Waals surface area contributed by atoms with Gasteiger partial charge in [-0.25, -0.2) is 0 Å². The molecule has 1 spiro atoms. The van der Waals surface area contributed by atoms with Gasteiger partial charge < -0.3 is 19.5 Å². The van der Waals surface area contributed by atoms with E-state index in [9.17, 15) is 9.90 Å². The van der Waals surface area contributed by atoms with Crippen LogP contribution in [0.5, 0.6) is 17.2 Å². The second-order valence-electron chi connectivity index (χ2n) is 14.7. The van der Waals surface area contributed by atoms with Crippen molar-refractivity contribution in [1.82, 2.24) is 9.80 Å². The number of methoxy groups -OCH3 is 1. The maximum absolute atomic E-state index is 14.0. The largest absolute Gasteiger partial charge is 0.508 e. The Morgan fingerprint density at radius 2 is 1.93 bits per heavy atom. The maximum atomic E-state index is 14.0. The van der Waals surface area contributed by atoms with Crippen molar-refractivity contribution in [2.24, 2.45) is 17.8 Å². The van der Waals surface area contributed by atoms with Crippen LogP contribution in [-0.4, -0.2) is 65.2 Å². The summed E-state index contributed by atoms with van der Waals surface area (Å²) in [6.45, 7) is 6.65. The lowest BCUT2D eigenvalue weighted by Gasteiger charge is -2.61. The quantitative estimate of drug-likeness (QED) is 0.325. The van der Waals surface area contributed by atoms with Crippen molar-refractivity contribution in [3.05, 3.63) is 17.2 Å². The summed E-state index contributed by atoms with van der Waals surface area (Å²) in [5.41, 5.74) is 2.15. The third-order valence-electron chi connectivity index (χ3n) is 12.1. The van der Waals surface area contributed by atoms with Gasteiger partial charge in [-0.05, 0) is 83.1 Å². The molecule has 2 aliphatic heterocycles. The number of rotatable bonds is 10. The number of amides is 1. The van der Waals surface area contributed by atoms with Crippen molar-refractivity contribution in [2.45, 2.75) is 140 Å². The minimum absolute atomic E-state index is 0.0536.